The molecule has 2 saturated heterocycles. The number of hydrogen-bond donors (Lipinski definition) is 9. The van der Waals surface area contributed by atoms with Crippen LogP contribution in [-0.4, -0.2) is 113 Å². The summed E-state index contributed by atoms with van der Waals surface area (Å²) in [5, 5.41) is 54.3. The van der Waals surface area contributed by atoms with E-state index in [2.05, 4.69) is 33.5 Å². The Kier molecular flexibility index (Phi) is 18.2. The van der Waals surface area contributed by atoms with Gasteiger partial charge >= 0.3 is 24.4 Å². The van der Waals surface area contributed by atoms with Gasteiger partial charge in [0.05, 0.1) is 43.0 Å². The van der Waals surface area contributed by atoms with Crippen molar-refractivity contribution in [2.24, 2.45) is 0 Å². The zero-order valence-corrected chi connectivity index (χ0v) is 32.8. The van der Waals surface area contributed by atoms with Gasteiger partial charge in [0.15, 0.2) is 6.29 Å². The van der Waals surface area contributed by atoms with Crippen molar-refractivity contribution in [3.8, 4) is 0 Å². The maximum Gasteiger partial charge on any atom is 0.416 e. The summed E-state index contributed by atoms with van der Waals surface area (Å²) in [7, 11) is 0. The first-order valence-electron chi connectivity index (χ1n) is 19.7. The predicted molar refractivity (Wildman–Crippen MR) is 203 cm³/mol. The number of carbonyl (C=O) groups is 3. The first-order valence-corrected chi connectivity index (χ1v) is 19.7. The molecule has 2 heterocycles. The van der Waals surface area contributed by atoms with Crippen molar-refractivity contribution >= 4 is 29.3 Å². The van der Waals surface area contributed by atoms with Crippen LogP contribution in [0.2, 0.25) is 0 Å². The molecule has 60 heavy (non-hydrogen) atoms. The minimum atomic E-state index is -4.74. The average molecular weight is 866 g/mol. The third-order valence-corrected chi connectivity index (χ3v) is 10.1. The van der Waals surface area contributed by atoms with Crippen LogP contribution in [0.1, 0.15) is 75.8 Å². The van der Waals surface area contributed by atoms with E-state index in [0.29, 0.717) is 18.6 Å². The molecule has 2 aromatic carbocycles. The zero-order valence-electron chi connectivity index (χ0n) is 32.8. The molecule has 4 rings (SSSR count). The number of aliphatic hydroxyl groups is 4. The van der Waals surface area contributed by atoms with Crippen molar-refractivity contribution in [3.63, 3.8) is 0 Å². The van der Waals surface area contributed by atoms with E-state index in [9.17, 15) is 61.2 Å². The number of benzene rings is 2. The van der Waals surface area contributed by atoms with Crippen molar-refractivity contribution in [1.29, 1.82) is 0 Å². The molecule has 0 saturated carbocycles. The third kappa shape index (κ3) is 14.2. The summed E-state index contributed by atoms with van der Waals surface area (Å²) >= 11 is 0. The van der Waals surface area contributed by atoms with Gasteiger partial charge in [0.25, 0.3) is 0 Å². The fourth-order valence-electron chi connectivity index (χ4n) is 6.92. The van der Waals surface area contributed by atoms with Crippen molar-refractivity contribution in [2.45, 2.75) is 132 Å². The van der Waals surface area contributed by atoms with Gasteiger partial charge in [-0.25, -0.2) is 9.59 Å². The Balaban J connectivity index is 1.59. The molecular formula is C39H53F6N5O10. The fourth-order valence-corrected chi connectivity index (χ4v) is 6.92. The van der Waals surface area contributed by atoms with Crippen LogP contribution in [0.3, 0.4) is 0 Å². The van der Waals surface area contributed by atoms with Gasteiger partial charge < -0.3 is 61.2 Å². The standard InChI is InChI=1S/C39H53F6N5O10/c1-2-3-4-5-6-7-8-9-16-29(53)49-30-27(19-51)58-21-26(48-36(56)46-24-14-10-12-22(17-24)38(40,41)42)34(30)60-35-31(33(55)32(54)28(20-52)59-35)50-37(57)47-25-15-11-13-23(18-25)39(43,44)45/h10-15,17-18,26-28,30-35,51-52,54-55H,2-9,16,19-21H2,1H3,(H,49,53)(H2,46,48,56)(H2,47,50,57)/t26-,27+,28+,30-,31+,32+,33+,34+,35-/m0/s1. The lowest BCUT2D eigenvalue weighted by Gasteiger charge is -2.47. The number of anilines is 2. The number of aliphatic hydroxyl groups excluding tert-OH is 4. The van der Waals surface area contributed by atoms with Crippen molar-refractivity contribution in [1.82, 2.24) is 16.0 Å². The number of nitrogens with one attached hydrogen (secondary N) is 5. The second-order valence-corrected chi connectivity index (χ2v) is 14.7. The van der Waals surface area contributed by atoms with E-state index in [1.54, 1.807) is 0 Å². The Hall–Kier alpha value is -4.25. The number of unbranched alkanes of at least 4 members (excludes halogenated alkanes) is 7. The molecule has 2 aliphatic heterocycles. The lowest BCUT2D eigenvalue weighted by Crippen LogP contribution is -2.70. The van der Waals surface area contributed by atoms with Crippen LogP contribution in [0.15, 0.2) is 48.5 Å². The van der Waals surface area contributed by atoms with Gasteiger partial charge in [-0.05, 0) is 42.8 Å². The molecule has 5 amide bonds. The van der Waals surface area contributed by atoms with E-state index in [1.165, 1.54) is 6.07 Å². The van der Waals surface area contributed by atoms with Gasteiger partial charge in [0.1, 0.15) is 36.6 Å². The van der Waals surface area contributed by atoms with Crippen LogP contribution in [0.25, 0.3) is 0 Å². The average Bonchev–Trinajstić information content (AvgIpc) is 3.19. The molecule has 9 N–H and O–H groups in total. The van der Waals surface area contributed by atoms with Gasteiger partial charge in [0.2, 0.25) is 5.91 Å². The summed E-state index contributed by atoms with van der Waals surface area (Å²) in [6, 6.07) is 0.829. The molecule has 0 spiro atoms. The minimum absolute atomic E-state index is 0.0434. The van der Waals surface area contributed by atoms with Crippen LogP contribution < -0.4 is 26.6 Å². The number of carbonyl (C=O) groups excluding carboxylic acids is 3. The Labute approximate surface area is 342 Å². The normalized spacial score (nSPS) is 25.9. The second kappa shape index (κ2) is 22.6. The summed E-state index contributed by atoms with van der Waals surface area (Å²) in [6.45, 7) is 0.114. The van der Waals surface area contributed by atoms with Gasteiger partial charge in [0, 0.05) is 17.8 Å². The van der Waals surface area contributed by atoms with E-state index >= 15 is 0 Å². The van der Waals surface area contributed by atoms with E-state index < -0.39 is 116 Å². The summed E-state index contributed by atoms with van der Waals surface area (Å²) < 4.78 is 98.0. The Morgan fingerprint density at radius 1 is 0.717 bits per heavy atom. The molecule has 2 aromatic rings. The largest absolute Gasteiger partial charge is 0.416 e. The summed E-state index contributed by atoms with van der Waals surface area (Å²) in [5.41, 5.74) is -2.66. The molecule has 0 aliphatic carbocycles. The number of amides is 5. The smallest absolute Gasteiger partial charge is 0.394 e. The number of hydrogen-bond acceptors (Lipinski definition) is 10. The van der Waals surface area contributed by atoms with Gasteiger partial charge in [-0.3, -0.25) is 4.79 Å². The van der Waals surface area contributed by atoms with Crippen LogP contribution in [0.5, 0.6) is 0 Å². The minimum Gasteiger partial charge on any atom is -0.394 e. The van der Waals surface area contributed by atoms with Gasteiger partial charge in [-0.2, -0.15) is 26.3 Å². The van der Waals surface area contributed by atoms with Crippen LogP contribution in [0, 0.1) is 0 Å². The SMILES string of the molecule is CCCCCCCCCCC(=O)N[C@@H]1[C@H](O[C@@H]2O[C@H](CO)[C@@H](O)[C@H](O)[C@H]2NC(=O)Nc2cccc(C(F)(F)F)c2)[C@@H](NC(=O)Nc2cccc(C(F)(F)F)c2)CO[C@@H]1CO. The molecule has 15 nitrogen and oxygen atoms in total. The van der Waals surface area contributed by atoms with E-state index in [0.717, 1.165) is 75.3 Å². The number of urea groups is 2. The molecular weight excluding hydrogens is 812 g/mol. The molecule has 0 radical (unpaired) electrons. The maximum absolute atomic E-state index is 13.4. The molecule has 0 aromatic heterocycles. The molecule has 9 atom stereocenters. The maximum atomic E-state index is 13.4. The molecule has 0 bridgehead atoms. The molecule has 2 aliphatic rings. The van der Waals surface area contributed by atoms with Gasteiger partial charge in [-0.15, -0.1) is 0 Å². The zero-order chi connectivity index (χ0) is 44.0. The molecule has 2 fully saturated rings. The first kappa shape index (κ1) is 48.4. The highest BCUT2D eigenvalue weighted by atomic mass is 19.4. The van der Waals surface area contributed by atoms with E-state index in [1.807, 2.05) is 0 Å². The highest BCUT2D eigenvalue weighted by Gasteiger charge is 2.50. The molecule has 336 valence electrons. The van der Waals surface area contributed by atoms with Gasteiger partial charge in [-0.1, -0.05) is 64.0 Å². The lowest BCUT2D eigenvalue weighted by atomic mass is 9.93. The number of alkyl halides is 6. The molecule has 0 unspecified atom stereocenters. The highest BCUT2D eigenvalue weighted by Crippen LogP contribution is 2.33. The lowest BCUT2D eigenvalue weighted by molar-refractivity contribution is -0.293. The van der Waals surface area contributed by atoms with Crippen molar-refractivity contribution in [3.05, 3.63) is 59.7 Å². The van der Waals surface area contributed by atoms with Crippen LogP contribution in [0.4, 0.5) is 47.3 Å². The Morgan fingerprint density at radius 2 is 1.25 bits per heavy atom. The topological polar surface area (TPSA) is 220 Å². The predicted octanol–water partition coefficient (Wildman–Crippen LogP) is 4.64. The summed E-state index contributed by atoms with van der Waals surface area (Å²) in [5.74, 6) is -0.501. The first-order chi connectivity index (χ1) is 28.4. The second-order valence-electron chi connectivity index (χ2n) is 14.7. The molecule has 21 heteroatoms. The Bertz CT molecular complexity index is 1690. The van der Waals surface area contributed by atoms with Crippen LogP contribution in [-0.2, 0) is 31.4 Å². The third-order valence-electron chi connectivity index (χ3n) is 10.1. The number of ether oxygens (including phenoxy) is 3. The Morgan fingerprint density at radius 3 is 1.78 bits per heavy atom. The number of rotatable bonds is 18. The van der Waals surface area contributed by atoms with Crippen molar-refractivity contribution in [2.75, 3.05) is 30.5 Å². The summed E-state index contributed by atoms with van der Waals surface area (Å²) in [6.07, 6.45) is -11.7. The summed E-state index contributed by atoms with van der Waals surface area (Å²) in [4.78, 5) is 39.8. The number of halogens is 6. The van der Waals surface area contributed by atoms with Crippen LogP contribution >= 0.6 is 0 Å². The van der Waals surface area contributed by atoms with Crippen molar-refractivity contribution < 1.29 is 75.4 Å². The quantitative estimate of drug-likeness (QED) is 0.0747. The fraction of sp³-hybridized carbons (Fsp3) is 0.615. The van der Waals surface area contributed by atoms with E-state index in [-0.39, 0.29) is 17.8 Å². The highest BCUT2D eigenvalue weighted by molar-refractivity contribution is 5.90. The monoisotopic (exact) mass is 865 g/mol. The van der Waals surface area contributed by atoms with E-state index in [4.69, 9.17) is 14.2 Å².